The first-order chi connectivity index (χ1) is 12.5. The zero-order valence-electron chi connectivity index (χ0n) is 15.5. The maximum atomic E-state index is 12.0. The molecule has 1 fully saturated rings. The molecule has 0 aliphatic carbocycles. The lowest BCUT2D eigenvalue weighted by Gasteiger charge is -2.20. The molecule has 2 aromatic carbocycles. The molecule has 26 heavy (non-hydrogen) atoms. The zero-order valence-corrected chi connectivity index (χ0v) is 16.3. The summed E-state index contributed by atoms with van der Waals surface area (Å²) in [4.78, 5) is 2.85. The Hall–Kier alpha value is -1.69. The van der Waals surface area contributed by atoms with Gasteiger partial charge in [-0.15, -0.1) is 0 Å². The summed E-state index contributed by atoms with van der Waals surface area (Å²) in [7, 11) is -1.98. The fourth-order valence-corrected chi connectivity index (χ4v) is 4.54. The van der Waals surface area contributed by atoms with Crippen molar-refractivity contribution in [1.82, 2.24) is 4.90 Å². The number of rotatable bonds is 7. The van der Waals surface area contributed by atoms with E-state index in [0.29, 0.717) is 10.9 Å². The summed E-state index contributed by atoms with van der Waals surface area (Å²) in [6.45, 7) is 4.65. The summed E-state index contributed by atoms with van der Waals surface area (Å²) < 4.78 is 28.8. The van der Waals surface area contributed by atoms with Gasteiger partial charge in [0.25, 0.3) is 0 Å². The molecule has 5 heteroatoms. The highest BCUT2D eigenvalue weighted by atomic mass is 32.2. The van der Waals surface area contributed by atoms with Crippen molar-refractivity contribution < 1.29 is 13.2 Å². The predicted molar refractivity (Wildman–Crippen MR) is 105 cm³/mol. The molecule has 0 aromatic heterocycles. The highest BCUT2D eigenvalue weighted by Crippen LogP contribution is 2.23. The van der Waals surface area contributed by atoms with Gasteiger partial charge in [0.1, 0.15) is 0 Å². The molecule has 140 valence electrons. The smallest absolute Gasteiger partial charge is 0.202 e. The summed E-state index contributed by atoms with van der Waals surface area (Å²) in [5.74, 6) is -0.295. The summed E-state index contributed by atoms with van der Waals surface area (Å²) >= 11 is 0. The molecule has 1 unspecified atom stereocenters. The molecule has 1 atom stereocenters. The number of methoxy groups -OCH3 is 1. The van der Waals surface area contributed by atoms with Crippen molar-refractivity contribution in [3.63, 3.8) is 0 Å². The molecule has 1 aliphatic heterocycles. The average Bonchev–Trinajstić information content (AvgIpc) is 3.05. The van der Waals surface area contributed by atoms with Crippen LogP contribution in [0.25, 0.3) is 11.1 Å². The third kappa shape index (κ3) is 4.53. The van der Waals surface area contributed by atoms with Crippen molar-refractivity contribution >= 4 is 9.84 Å². The Morgan fingerprint density at radius 2 is 1.65 bits per heavy atom. The second-order valence-electron chi connectivity index (χ2n) is 7.02. The number of hydrogen-bond donors (Lipinski definition) is 0. The van der Waals surface area contributed by atoms with Crippen molar-refractivity contribution in [3.05, 3.63) is 54.1 Å². The highest BCUT2D eigenvalue weighted by molar-refractivity contribution is 7.91. The fourth-order valence-electron chi connectivity index (χ4n) is 3.54. The molecule has 0 N–H and O–H groups in total. The van der Waals surface area contributed by atoms with Crippen LogP contribution in [-0.4, -0.2) is 45.5 Å². The van der Waals surface area contributed by atoms with E-state index in [-0.39, 0.29) is 5.94 Å². The van der Waals surface area contributed by atoms with Crippen molar-refractivity contribution in [2.45, 2.75) is 37.1 Å². The van der Waals surface area contributed by atoms with Crippen LogP contribution in [0.4, 0.5) is 0 Å². The van der Waals surface area contributed by atoms with Gasteiger partial charge in [-0.25, -0.2) is 8.42 Å². The van der Waals surface area contributed by atoms with Crippen LogP contribution in [0.1, 0.15) is 25.3 Å². The van der Waals surface area contributed by atoms with E-state index < -0.39 is 9.84 Å². The van der Waals surface area contributed by atoms with E-state index in [2.05, 4.69) is 36.1 Å². The number of likely N-dealkylation sites (tertiary alicyclic amines) is 1. The maximum Gasteiger partial charge on any atom is 0.202 e. The number of hydrogen-bond acceptors (Lipinski definition) is 4. The number of nitrogens with zero attached hydrogens (tertiary/aromatic N) is 1. The number of sulfone groups is 1. The minimum Gasteiger partial charge on any atom is -0.368 e. The van der Waals surface area contributed by atoms with Gasteiger partial charge in [-0.3, -0.25) is 0 Å². The first-order valence-corrected chi connectivity index (χ1v) is 10.8. The van der Waals surface area contributed by atoms with E-state index >= 15 is 0 Å². The van der Waals surface area contributed by atoms with E-state index in [9.17, 15) is 8.42 Å². The quantitative estimate of drug-likeness (QED) is 0.741. The maximum absolute atomic E-state index is 12.0. The van der Waals surface area contributed by atoms with E-state index in [1.807, 2.05) is 12.1 Å². The fraction of sp³-hybridized carbons (Fsp3) is 0.429. The Bertz CT molecular complexity index is 813. The van der Waals surface area contributed by atoms with Crippen LogP contribution in [-0.2, 0) is 21.0 Å². The Kier molecular flexibility index (Phi) is 6.12. The molecular formula is C21H27NO3S. The van der Waals surface area contributed by atoms with E-state index in [1.165, 1.54) is 32.1 Å². The van der Waals surface area contributed by atoms with E-state index in [4.69, 9.17) is 4.74 Å². The molecule has 0 radical (unpaired) electrons. The molecule has 2 aromatic rings. The first kappa shape index (κ1) is 19.1. The second-order valence-corrected chi connectivity index (χ2v) is 8.96. The molecular weight excluding hydrogens is 346 g/mol. The largest absolute Gasteiger partial charge is 0.368 e. The van der Waals surface area contributed by atoms with Gasteiger partial charge in [0.2, 0.25) is 9.84 Å². The molecule has 4 nitrogen and oxygen atoms in total. The number of benzene rings is 2. The minimum absolute atomic E-state index is 0.291. The Morgan fingerprint density at radius 3 is 2.19 bits per heavy atom. The zero-order chi connectivity index (χ0) is 18.6. The van der Waals surface area contributed by atoms with Crippen molar-refractivity contribution in [1.29, 1.82) is 0 Å². The Balaban J connectivity index is 1.64. The third-order valence-corrected chi connectivity index (χ3v) is 6.69. The SMILES string of the molecule is COCS(=O)(=O)c1ccc(-c2ccc(CCN3CCCC3C)cc2)cc1. The predicted octanol–water partition coefficient (Wildman–Crippen LogP) is 3.76. The summed E-state index contributed by atoms with van der Waals surface area (Å²) in [5, 5.41) is 0. The van der Waals surface area contributed by atoms with Crippen molar-refractivity contribution in [3.8, 4) is 11.1 Å². The molecule has 1 saturated heterocycles. The van der Waals surface area contributed by atoms with Gasteiger partial charge in [-0.05, 0) is 61.6 Å². The normalized spacial score (nSPS) is 18.3. The van der Waals surface area contributed by atoms with Crippen LogP contribution in [0.5, 0.6) is 0 Å². The Morgan fingerprint density at radius 1 is 1.04 bits per heavy atom. The van der Waals surface area contributed by atoms with Crippen LogP contribution in [0.3, 0.4) is 0 Å². The lowest BCUT2D eigenvalue weighted by molar-refractivity contribution is 0.250. The standard InChI is InChI=1S/C21H27NO3S/c1-17-4-3-14-22(17)15-13-18-5-7-19(8-6-18)20-9-11-21(12-10-20)26(23,24)16-25-2/h5-12,17H,3-4,13-16H2,1-2H3. The van der Waals surface area contributed by atoms with Crippen molar-refractivity contribution in [2.75, 3.05) is 26.1 Å². The van der Waals surface area contributed by atoms with Gasteiger partial charge in [0.15, 0.2) is 5.94 Å². The molecule has 1 heterocycles. The van der Waals surface area contributed by atoms with Gasteiger partial charge in [0.05, 0.1) is 4.90 Å². The van der Waals surface area contributed by atoms with Crippen LogP contribution in [0, 0.1) is 0 Å². The van der Waals surface area contributed by atoms with Gasteiger partial charge in [-0.1, -0.05) is 36.4 Å². The molecule has 1 aliphatic rings. The van der Waals surface area contributed by atoms with Crippen LogP contribution in [0.2, 0.25) is 0 Å². The van der Waals surface area contributed by atoms with Gasteiger partial charge >= 0.3 is 0 Å². The lowest BCUT2D eigenvalue weighted by Crippen LogP contribution is -2.28. The molecule has 0 amide bonds. The molecule has 0 saturated carbocycles. The third-order valence-electron chi connectivity index (χ3n) is 5.15. The van der Waals surface area contributed by atoms with Crippen molar-refractivity contribution in [2.24, 2.45) is 0 Å². The monoisotopic (exact) mass is 373 g/mol. The average molecular weight is 374 g/mol. The van der Waals surface area contributed by atoms with E-state index in [0.717, 1.165) is 24.1 Å². The summed E-state index contributed by atoms with van der Waals surface area (Å²) in [6, 6.07) is 16.3. The Labute approximate surface area is 156 Å². The molecule has 3 rings (SSSR count). The van der Waals surface area contributed by atoms with Crippen LogP contribution in [0.15, 0.2) is 53.4 Å². The second kappa shape index (κ2) is 8.33. The minimum atomic E-state index is -3.36. The van der Waals surface area contributed by atoms with Gasteiger partial charge in [-0.2, -0.15) is 0 Å². The highest BCUT2D eigenvalue weighted by Gasteiger charge is 2.19. The first-order valence-electron chi connectivity index (χ1n) is 9.15. The summed E-state index contributed by atoms with van der Waals surface area (Å²) in [5.41, 5.74) is 3.45. The van der Waals surface area contributed by atoms with E-state index in [1.54, 1.807) is 12.1 Å². The topological polar surface area (TPSA) is 46.6 Å². The van der Waals surface area contributed by atoms with Gasteiger partial charge in [0, 0.05) is 19.7 Å². The van der Waals surface area contributed by atoms with Gasteiger partial charge < -0.3 is 9.64 Å². The molecule has 0 bridgehead atoms. The summed E-state index contributed by atoms with van der Waals surface area (Å²) in [6.07, 6.45) is 3.70. The number of ether oxygens (including phenoxy) is 1. The lowest BCUT2D eigenvalue weighted by atomic mass is 10.0. The molecule has 0 spiro atoms. The van der Waals surface area contributed by atoms with Crippen LogP contribution < -0.4 is 0 Å². The van der Waals surface area contributed by atoms with Crippen LogP contribution >= 0.6 is 0 Å².